The summed E-state index contributed by atoms with van der Waals surface area (Å²) in [5.41, 5.74) is 11.3. The summed E-state index contributed by atoms with van der Waals surface area (Å²) in [7, 11) is 0. The number of hydrogen-bond donors (Lipinski definition) is 0. The Morgan fingerprint density at radius 3 is 2.80 bits per heavy atom. The number of nitrogens with zero attached hydrogens (tertiary/aromatic N) is 3. The third-order valence-corrected chi connectivity index (χ3v) is 3.33. The number of halogens is 1. The van der Waals surface area contributed by atoms with Gasteiger partial charge < -0.3 is 4.74 Å². The molecule has 0 aromatic heterocycles. The summed E-state index contributed by atoms with van der Waals surface area (Å²) in [6.45, 7) is 0.314. The summed E-state index contributed by atoms with van der Waals surface area (Å²) < 4.78 is 18.9. The molecule has 0 saturated carbocycles. The van der Waals surface area contributed by atoms with E-state index >= 15 is 0 Å². The lowest BCUT2D eigenvalue weighted by atomic mass is 10.0. The van der Waals surface area contributed by atoms with Crippen LogP contribution < -0.4 is 4.74 Å². The van der Waals surface area contributed by atoms with E-state index in [1.165, 1.54) is 12.1 Å². The third kappa shape index (κ3) is 2.31. The second-order valence-corrected chi connectivity index (χ2v) is 4.66. The van der Waals surface area contributed by atoms with Crippen molar-refractivity contribution in [1.82, 2.24) is 0 Å². The van der Waals surface area contributed by atoms with E-state index in [2.05, 4.69) is 10.0 Å². The van der Waals surface area contributed by atoms with Gasteiger partial charge >= 0.3 is 0 Å². The molecule has 3 rings (SSSR count). The summed E-state index contributed by atoms with van der Waals surface area (Å²) in [6, 6.07) is 12.2. The molecule has 4 nitrogen and oxygen atoms in total. The highest BCUT2D eigenvalue weighted by molar-refractivity contribution is 5.73. The fourth-order valence-electron chi connectivity index (χ4n) is 2.42. The van der Waals surface area contributed by atoms with Gasteiger partial charge in [0.2, 0.25) is 0 Å². The van der Waals surface area contributed by atoms with Crippen LogP contribution in [0.3, 0.4) is 0 Å². The van der Waals surface area contributed by atoms with E-state index < -0.39 is 0 Å². The van der Waals surface area contributed by atoms with Crippen molar-refractivity contribution < 1.29 is 9.13 Å². The van der Waals surface area contributed by atoms with Gasteiger partial charge in [-0.2, -0.15) is 0 Å². The van der Waals surface area contributed by atoms with Gasteiger partial charge in [-0.1, -0.05) is 35.4 Å². The quantitative estimate of drug-likeness (QED) is 0.470. The summed E-state index contributed by atoms with van der Waals surface area (Å²) in [5.74, 6) is 0.542. The first-order valence-electron chi connectivity index (χ1n) is 6.33. The summed E-state index contributed by atoms with van der Waals surface area (Å²) >= 11 is 0. The molecule has 0 radical (unpaired) electrons. The molecule has 0 fully saturated rings. The molecule has 100 valence electrons. The molecule has 0 saturated heterocycles. The van der Waals surface area contributed by atoms with Gasteiger partial charge in [-0.05, 0) is 28.8 Å². The lowest BCUT2D eigenvalue weighted by Crippen LogP contribution is -2.16. The van der Waals surface area contributed by atoms with Crippen molar-refractivity contribution in [3.8, 4) is 16.9 Å². The lowest BCUT2D eigenvalue weighted by Gasteiger charge is -2.10. The smallest absolute Gasteiger partial charge is 0.130 e. The normalized spacial score (nSPS) is 16.1. The van der Waals surface area contributed by atoms with Crippen LogP contribution in [0.4, 0.5) is 4.39 Å². The Labute approximate surface area is 115 Å². The molecule has 0 bridgehead atoms. The predicted octanol–water partition coefficient (Wildman–Crippen LogP) is 4.11. The first kappa shape index (κ1) is 12.5. The van der Waals surface area contributed by atoms with Crippen LogP contribution in [0.25, 0.3) is 21.6 Å². The molecule has 1 aliphatic heterocycles. The van der Waals surface area contributed by atoms with Crippen molar-refractivity contribution in [3.63, 3.8) is 0 Å². The van der Waals surface area contributed by atoms with E-state index in [9.17, 15) is 4.39 Å². The van der Waals surface area contributed by atoms with Crippen molar-refractivity contribution in [1.29, 1.82) is 0 Å². The fraction of sp³-hybridized carbons (Fsp3) is 0.200. The first-order chi connectivity index (χ1) is 9.78. The molecule has 0 N–H and O–H groups in total. The largest absolute Gasteiger partial charge is 0.489 e. The molecule has 0 spiro atoms. The van der Waals surface area contributed by atoms with Crippen LogP contribution in [0.1, 0.15) is 5.56 Å². The highest BCUT2D eigenvalue weighted by Gasteiger charge is 2.24. The minimum absolute atomic E-state index is 0.123. The Kier molecular flexibility index (Phi) is 3.27. The number of benzene rings is 2. The topological polar surface area (TPSA) is 58.0 Å². The van der Waals surface area contributed by atoms with Crippen LogP contribution in [-0.4, -0.2) is 12.6 Å². The van der Waals surface area contributed by atoms with Crippen LogP contribution >= 0.6 is 0 Å². The number of para-hydroxylation sites is 1. The Morgan fingerprint density at radius 1 is 1.25 bits per heavy atom. The highest BCUT2D eigenvalue weighted by atomic mass is 19.1. The first-order valence-corrected chi connectivity index (χ1v) is 6.33. The molecule has 1 unspecified atom stereocenters. The average Bonchev–Trinajstić information content (AvgIpc) is 2.89. The molecule has 0 aliphatic carbocycles. The summed E-state index contributed by atoms with van der Waals surface area (Å²) in [4.78, 5) is 2.76. The molecule has 20 heavy (non-hydrogen) atoms. The predicted molar refractivity (Wildman–Crippen MR) is 74.0 cm³/mol. The van der Waals surface area contributed by atoms with Gasteiger partial charge in [0.15, 0.2) is 0 Å². The van der Waals surface area contributed by atoms with Crippen molar-refractivity contribution in [2.24, 2.45) is 5.11 Å². The number of azide groups is 1. The fourth-order valence-corrected chi connectivity index (χ4v) is 2.42. The van der Waals surface area contributed by atoms with Crippen molar-refractivity contribution in [2.45, 2.75) is 12.5 Å². The maximum Gasteiger partial charge on any atom is 0.130 e. The molecule has 1 heterocycles. The average molecular weight is 269 g/mol. The van der Waals surface area contributed by atoms with Gasteiger partial charge in [-0.25, -0.2) is 4.39 Å². The lowest BCUT2D eigenvalue weighted by molar-refractivity contribution is 0.242. The molecule has 0 amide bonds. The van der Waals surface area contributed by atoms with Gasteiger partial charge in [-0.15, -0.1) is 0 Å². The Balaban J connectivity index is 1.94. The van der Waals surface area contributed by atoms with Crippen LogP contribution in [0.5, 0.6) is 5.75 Å². The van der Waals surface area contributed by atoms with Gasteiger partial charge in [0, 0.05) is 16.9 Å². The maximum atomic E-state index is 13.0. The molecular weight excluding hydrogens is 257 g/mol. The summed E-state index contributed by atoms with van der Waals surface area (Å²) in [5, 5.41) is 3.56. The second kappa shape index (κ2) is 5.23. The van der Waals surface area contributed by atoms with Crippen LogP contribution in [0.15, 0.2) is 47.6 Å². The standard InChI is InChI=1S/C15H12FN3O/c16-12-6-4-10(5-7-12)14-3-1-2-11-8-13(9-18-19-17)20-15(11)14/h1-7,13H,8-9H2. The molecule has 5 heteroatoms. The van der Waals surface area contributed by atoms with E-state index in [-0.39, 0.29) is 11.9 Å². The highest BCUT2D eigenvalue weighted by Crippen LogP contribution is 2.38. The third-order valence-electron chi connectivity index (χ3n) is 3.33. The number of fused-ring (bicyclic) bond motifs is 1. The Morgan fingerprint density at radius 2 is 2.05 bits per heavy atom. The molecule has 1 aliphatic rings. The van der Waals surface area contributed by atoms with Gasteiger partial charge in [0.25, 0.3) is 0 Å². The monoisotopic (exact) mass is 269 g/mol. The van der Waals surface area contributed by atoms with E-state index in [1.807, 2.05) is 18.2 Å². The molecule has 2 aromatic carbocycles. The maximum absolute atomic E-state index is 13.0. The minimum Gasteiger partial charge on any atom is -0.489 e. The Hall–Kier alpha value is -2.52. The van der Waals surface area contributed by atoms with E-state index in [0.29, 0.717) is 6.54 Å². The zero-order chi connectivity index (χ0) is 13.9. The van der Waals surface area contributed by atoms with Crippen LogP contribution in [0.2, 0.25) is 0 Å². The van der Waals surface area contributed by atoms with Gasteiger partial charge in [0.05, 0.1) is 6.54 Å². The SMILES string of the molecule is [N-]=[N+]=NCC1Cc2cccc(-c3ccc(F)cc3)c2O1. The molecule has 1 atom stereocenters. The van der Waals surface area contributed by atoms with Crippen LogP contribution in [-0.2, 0) is 6.42 Å². The zero-order valence-electron chi connectivity index (χ0n) is 10.7. The van der Waals surface area contributed by atoms with Crippen molar-refractivity contribution in [2.75, 3.05) is 6.54 Å². The van der Waals surface area contributed by atoms with E-state index in [0.717, 1.165) is 28.9 Å². The summed E-state index contributed by atoms with van der Waals surface area (Å²) in [6.07, 6.45) is 0.603. The second-order valence-electron chi connectivity index (χ2n) is 4.66. The van der Waals surface area contributed by atoms with E-state index in [4.69, 9.17) is 10.3 Å². The van der Waals surface area contributed by atoms with Gasteiger partial charge in [0.1, 0.15) is 17.7 Å². The van der Waals surface area contributed by atoms with E-state index in [1.54, 1.807) is 12.1 Å². The van der Waals surface area contributed by atoms with Crippen molar-refractivity contribution in [3.05, 3.63) is 64.3 Å². The van der Waals surface area contributed by atoms with Crippen molar-refractivity contribution >= 4 is 0 Å². The minimum atomic E-state index is -0.261. The molecular formula is C15H12FN3O. The number of hydrogen-bond acceptors (Lipinski definition) is 2. The zero-order valence-corrected chi connectivity index (χ0v) is 10.7. The Bertz CT molecular complexity index is 678. The van der Waals surface area contributed by atoms with Crippen LogP contribution in [0, 0.1) is 5.82 Å². The molecule has 2 aromatic rings. The number of rotatable bonds is 3. The van der Waals surface area contributed by atoms with Gasteiger partial charge in [-0.3, -0.25) is 0 Å². The number of ether oxygens (including phenoxy) is 1.